The lowest BCUT2D eigenvalue weighted by Crippen LogP contribution is -2.48. The molecule has 2 rings (SSSR count). The Morgan fingerprint density at radius 3 is 2.58 bits per heavy atom. The third-order valence-electron chi connectivity index (χ3n) is 2.98. The van der Waals surface area contributed by atoms with Crippen molar-refractivity contribution in [1.29, 1.82) is 0 Å². The number of hydrogen-bond donors (Lipinski definition) is 3. The molecule has 2 amide bonds. The van der Waals surface area contributed by atoms with Gasteiger partial charge < -0.3 is 4.42 Å². The number of hydrogen-bond acceptors (Lipinski definition) is 4. The first-order valence-corrected chi connectivity index (χ1v) is 7.69. The second-order valence-electron chi connectivity index (χ2n) is 4.83. The van der Waals surface area contributed by atoms with E-state index >= 15 is 0 Å². The summed E-state index contributed by atoms with van der Waals surface area (Å²) >= 11 is 4.93. The van der Waals surface area contributed by atoms with Crippen molar-refractivity contribution in [3.8, 4) is 0 Å². The van der Waals surface area contributed by atoms with Gasteiger partial charge in [-0.25, -0.2) is 0 Å². The summed E-state index contributed by atoms with van der Waals surface area (Å²) in [6, 6.07) is 13.1. The zero-order valence-corrected chi connectivity index (χ0v) is 13.6. The molecule has 0 saturated carbocycles. The predicted octanol–water partition coefficient (Wildman–Crippen LogP) is 1.95. The normalized spacial score (nSPS) is 10.3. The molecule has 1 aromatic carbocycles. The van der Waals surface area contributed by atoms with E-state index in [1.165, 1.54) is 18.4 Å². The summed E-state index contributed by atoms with van der Waals surface area (Å²) in [5.74, 6) is -0.0951. The largest absolute Gasteiger partial charge is 0.465 e. The standard InChI is InChI=1S/C17H17N3O3S/c21-15(11-9-14-7-4-12-23-14)18-17(24)20-19-16(22)10-8-13-5-2-1-3-6-13/h1-7,9,11-12H,8,10H2,(H,19,22)(H2,18,20,21,24)/b11-9+. The van der Waals surface area contributed by atoms with E-state index < -0.39 is 5.91 Å². The topological polar surface area (TPSA) is 83.4 Å². The average Bonchev–Trinajstić information content (AvgIpc) is 3.11. The van der Waals surface area contributed by atoms with Crippen molar-refractivity contribution in [3.63, 3.8) is 0 Å². The lowest BCUT2D eigenvalue weighted by Gasteiger charge is -2.09. The van der Waals surface area contributed by atoms with Crippen molar-refractivity contribution in [3.05, 3.63) is 66.1 Å². The highest BCUT2D eigenvalue weighted by molar-refractivity contribution is 7.80. The van der Waals surface area contributed by atoms with Crippen LogP contribution in [-0.4, -0.2) is 16.9 Å². The third-order valence-corrected chi connectivity index (χ3v) is 3.18. The molecule has 0 unspecified atom stereocenters. The molecule has 0 radical (unpaired) electrons. The molecule has 0 aliphatic heterocycles. The Hall–Kier alpha value is -2.93. The van der Waals surface area contributed by atoms with E-state index in [0.29, 0.717) is 18.6 Å². The highest BCUT2D eigenvalue weighted by atomic mass is 32.1. The number of carbonyl (C=O) groups excluding carboxylic acids is 2. The fourth-order valence-corrected chi connectivity index (χ4v) is 1.97. The van der Waals surface area contributed by atoms with Gasteiger partial charge in [-0.2, -0.15) is 0 Å². The molecule has 0 bridgehead atoms. The van der Waals surface area contributed by atoms with Crippen molar-refractivity contribution in [2.45, 2.75) is 12.8 Å². The van der Waals surface area contributed by atoms with Gasteiger partial charge in [0.05, 0.1) is 6.26 Å². The highest BCUT2D eigenvalue weighted by Gasteiger charge is 2.04. The van der Waals surface area contributed by atoms with Crippen LogP contribution in [0.4, 0.5) is 0 Å². The van der Waals surface area contributed by atoms with Crippen molar-refractivity contribution in [2.24, 2.45) is 0 Å². The molecule has 0 aliphatic rings. The van der Waals surface area contributed by atoms with E-state index in [2.05, 4.69) is 16.2 Å². The average molecular weight is 343 g/mol. The molecule has 0 saturated heterocycles. The van der Waals surface area contributed by atoms with Crippen LogP contribution in [-0.2, 0) is 16.0 Å². The molecule has 3 N–H and O–H groups in total. The van der Waals surface area contributed by atoms with Gasteiger partial charge in [-0.05, 0) is 42.4 Å². The minimum Gasteiger partial charge on any atom is -0.465 e. The maximum atomic E-state index is 11.7. The van der Waals surface area contributed by atoms with Crippen LogP contribution in [0.3, 0.4) is 0 Å². The molecule has 0 fully saturated rings. The Bertz CT molecular complexity index is 712. The first-order valence-electron chi connectivity index (χ1n) is 7.29. The summed E-state index contributed by atoms with van der Waals surface area (Å²) in [5.41, 5.74) is 6.00. The van der Waals surface area contributed by atoms with Crippen molar-refractivity contribution in [2.75, 3.05) is 0 Å². The van der Waals surface area contributed by atoms with Gasteiger partial charge in [0.25, 0.3) is 0 Å². The third kappa shape index (κ3) is 6.45. The van der Waals surface area contributed by atoms with Gasteiger partial charge in [-0.15, -0.1) is 0 Å². The fourth-order valence-electron chi connectivity index (χ4n) is 1.82. The van der Waals surface area contributed by atoms with Crippen LogP contribution >= 0.6 is 12.2 Å². The highest BCUT2D eigenvalue weighted by Crippen LogP contribution is 2.02. The molecular formula is C17H17N3O3S. The van der Waals surface area contributed by atoms with Crippen molar-refractivity contribution < 1.29 is 14.0 Å². The second-order valence-corrected chi connectivity index (χ2v) is 5.23. The molecule has 2 aromatic rings. The monoisotopic (exact) mass is 343 g/mol. The molecule has 6 nitrogen and oxygen atoms in total. The van der Waals surface area contributed by atoms with Crippen molar-refractivity contribution in [1.82, 2.24) is 16.2 Å². The van der Waals surface area contributed by atoms with Crippen LogP contribution in [0.5, 0.6) is 0 Å². The Morgan fingerprint density at radius 1 is 1.08 bits per heavy atom. The van der Waals surface area contributed by atoms with E-state index in [-0.39, 0.29) is 11.0 Å². The van der Waals surface area contributed by atoms with Crippen LogP contribution in [0, 0.1) is 0 Å². The Kier molecular flexibility index (Phi) is 6.73. The molecule has 1 heterocycles. The number of carbonyl (C=O) groups is 2. The van der Waals surface area contributed by atoms with Crippen LogP contribution in [0.15, 0.2) is 59.2 Å². The Morgan fingerprint density at radius 2 is 1.88 bits per heavy atom. The van der Waals surface area contributed by atoms with Crippen molar-refractivity contribution >= 4 is 35.2 Å². The first-order chi connectivity index (χ1) is 11.6. The zero-order valence-electron chi connectivity index (χ0n) is 12.8. The molecule has 124 valence electrons. The quantitative estimate of drug-likeness (QED) is 0.439. The van der Waals surface area contributed by atoms with Gasteiger partial charge in [0.1, 0.15) is 5.76 Å². The summed E-state index contributed by atoms with van der Waals surface area (Å²) in [6.45, 7) is 0. The Labute approximate surface area is 144 Å². The maximum absolute atomic E-state index is 11.7. The number of rotatable bonds is 5. The lowest BCUT2D eigenvalue weighted by molar-refractivity contribution is -0.121. The fraction of sp³-hybridized carbons (Fsp3) is 0.118. The molecule has 7 heteroatoms. The zero-order chi connectivity index (χ0) is 17.2. The summed E-state index contributed by atoms with van der Waals surface area (Å²) in [5, 5.41) is 2.42. The van der Waals surface area contributed by atoms with E-state index in [0.717, 1.165) is 5.56 Å². The maximum Gasteiger partial charge on any atom is 0.250 e. The number of benzene rings is 1. The molecule has 0 atom stereocenters. The van der Waals surface area contributed by atoms with Crippen LogP contribution in [0.1, 0.15) is 17.7 Å². The van der Waals surface area contributed by atoms with Gasteiger partial charge in [0.15, 0.2) is 5.11 Å². The number of thiocarbonyl (C=S) groups is 1. The number of amides is 2. The number of furan rings is 1. The molecule has 0 aliphatic carbocycles. The molecule has 0 spiro atoms. The first kappa shape index (κ1) is 17.4. The Balaban J connectivity index is 1.65. The molecular weight excluding hydrogens is 326 g/mol. The SMILES string of the molecule is O=C(/C=C/c1ccco1)NC(=S)NNC(=O)CCc1ccccc1. The van der Waals surface area contributed by atoms with Crippen LogP contribution in [0.25, 0.3) is 6.08 Å². The van der Waals surface area contributed by atoms with Gasteiger partial charge in [-0.1, -0.05) is 30.3 Å². The predicted molar refractivity (Wildman–Crippen MR) is 94.5 cm³/mol. The van der Waals surface area contributed by atoms with E-state index in [9.17, 15) is 9.59 Å². The molecule has 1 aromatic heterocycles. The van der Waals surface area contributed by atoms with Gasteiger partial charge >= 0.3 is 0 Å². The van der Waals surface area contributed by atoms with Gasteiger partial charge in [0, 0.05) is 12.5 Å². The molecule has 24 heavy (non-hydrogen) atoms. The minimum absolute atomic E-state index is 0.0113. The number of aryl methyl sites for hydroxylation is 1. The lowest BCUT2D eigenvalue weighted by atomic mass is 10.1. The van der Waals surface area contributed by atoms with Crippen LogP contribution in [0.2, 0.25) is 0 Å². The van der Waals surface area contributed by atoms with E-state index in [1.54, 1.807) is 12.1 Å². The minimum atomic E-state index is -0.428. The summed E-state index contributed by atoms with van der Waals surface area (Å²) in [6.07, 6.45) is 5.24. The van der Waals surface area contributed by atoms with E-state index in [1.807, 2.05) is 30.3 Å². The summed E-state index contributed by atoms with van der Waals surface area (Å²) in [4.78, 5) is 23.3. The van der Waals surface area contributed by atoms with Gasteiger partial charge in [-0.3, -0.25) is 25.8 Å². The number of nitrogens with one attached hydrogen (secondary N) is 3. The van der Waals surface area contributed by atoms with Crippen LogP contribution < -0.4 is 16.2 Å². The summed E-state index contributed by atoms with van der Waals surface area (Å²) < 4.78 is 5.06. The van der Waals surface area contributed by atoms with E-state index in [4.69, 9.17) is 16.6 Å². The smallest absolute Gasteiger partial charge is 0.250 e. The summed E-state index contributed by atoms with van der Waals surface area (Å²) in [7, 11) is 0. The van der Waals surface area contributed by atoms with Gasteiger partial charge in [0.2, 0.25) is 11.8 Å². The number of hydrazine groups is 1. The second kappa shape index (κ2) is 9.26.